The van der Waals surface area contributed by atoms with Crippen LogP contribution in [-0.2, 0) is 16.0 Å². The number of hydrogen-bond acceptors (Lipinski definition) is 8. The summed E-state index contributed by atoms with van der Waals surface area (Å²) in [6, 6.07) is 10.0. The first kappa shape index (κ1) is 30.0. The molecular weight excluding hydrogens is 468 g/mol. The van der Waals surface area contributed by atoms with Crippen LogP contribution in [0.2, 0.25) is 0 Å². The van der Waals surface area contributed by atoms with Gasteiger partial charge in [0.15, 0.2) is 0 Å². The van der Waals surface area contributed by atoms with Gasteiger partial charge in [0.05, 0.1) is 18.9 Å². The molecule has 0 unspecified atom stereocenters. The first-order chi connectivity index (χ1) is 17.9. The molecule has 0 radical (unpaired) electrons. The van der Waals surface area contributed by atoms with Gasteiger partial charge in [-0.2, -0.15) is 0 Å². The highest BCUT2D eigenvalue weighted by Crippen LogP contribution is 2.22. The van der Waals surface area contributed by atoms with Gasteiger partial charge in [-0.15, -0.1) is 0 Å². The van der Waals surface area contributed by atoms with Gasteiger partial charge in [-0.3, -0.25) is 9.78 Å². The molecule has 202 valence electrons. The second-order valence-corrected chi connectivity index (χ2v) is 9.46. The number of piperidine rings is 1. The molecule has 2 saturated heterocycles. The smallest absolute Gasteiger partial charge is 0.339 e. The van der Waals surface area contributed by atoms with Crippen molar-refractivity contribution in [1.82, 2.24) is 14.8 Å². The van der Waals surface area contributed by atoms with Crippen LogP contribution < -0.4 is 10.1 Å². The first-order valence-electron chi connectivity index (χ1n) is 12.9. The van der Waals surface area contributed by atoms with Gasteiger partial charge >= 0.3 is 5.97 Å². The van der Waals surface area contributed by atoms with Crippen molar-refractivity contribution in [1.29, 1.82) is 0 Å². The van der Waals surface area contributed by atoms with E-state index in [1.54, 1.807) is 6.20 Å². The summed E-state index contributed by atoms with van der Waals surface area (Å²) >= 11 is 0. The molecule has 37 heavy (non-hydrogen) atoms. The Morgan fingerprint density at radius 2 is 1.81 bits per heavy atom. The van der Waals surface area contributed by atoms with E-state index in [0.29, 0.717) is 0 Å². The molecule has 0 bridgehead atoms. The number of hydrogen-bond donors (Lipinski definition) is 1. The lowest BCUT2D eigenvalue weighted by Gasteiger charge is -2.28. The van der Waals surface area contributed by atoms with Gasteiger partial charge in [-0.25, -0.2) is 4.79 Å². The number of aryl methyl sites for hydroxylation is 1. The Morgan fingerprint density at radius 1 is 1.11 bits per heavy atom. The van der Waals surface area contributed by atoms with E-state index in [-0.39, 0.29) is 17.8 Å². The summed E-state index contributed by atoms with van der Waals surface area (Å²) in [5.41, 5.74) is 2.81. The number of rotatable bonds is 8. The molecule has 2 fully saturated rings. The Labute approximate surface area is 221 Å². The molecule has 3 heterocycles. The summed E-state index contributed by atoms with van der Waals surface area (Å²) in [6.45, 7) is 9.13. The zero-order chi connectivity index (χ0) is 26.9. The second kappa shape index (κ2) is 17.3. The predicted octanol–water partition coefficient (Wildman–Crippen LogP) is 4.63. The summed E-state index contributed by atoms with van der Waals surface area (Å²) in [5.74, 6) is 0.596. The summed E-state index contributed by atoms with van der Waals surface area (Å²) in [7, 11) is 5.66. The summed E-state index contributed by atoms with van der Waals surface area (Å²) in [5, 5.41) is 3.15. The minimum absolute atomic E-state index is 0.206. The fourth-order valence-corrected chi connectivity index (χ4v) is 4.30. The van der Waals surface area contributed by atoms with Gasteiger partial charge in [0.1, 0.15) is 5.75 Å². The van der Waals surface area contributed by atoms with Gasteiger partial charge in [-0.1, -0.05) is 18.7 Å². The third-order valence-corrected chi connectivity index (χ3v) is 6.52. The number of carbonyl (C=O) groups is 2. The lowest BCUT2D eigenvalue weighted by atomic mass is 9.91. The molecule has 1 N–H and O–H groups in total. The van der Waals surface area contributed by atoms with Crippen LogP contribution in [0, 0.1) is 5.92 Å². The summed E-state index contributed by atoms with van der Waals surface area (Å²) in [4.78, 5) is 29.4. The molecule has 2 aliphatic heterocycles. The van der Waals surface area contributed by atoms with E-state index >= 15 is 0 Å². The standard InChI is InChI=1S/C16H24N2.C8H7NO4.C5H11N/c1-3-17-16-6-4-5-15(13-16)8-7-14-9-11-18(2)12-10-14;1-12-8(11)6-2-7(13-5-10)4-9-3-6;1-6-4-2-3-5-6/h3-6,13-14,17H,1,7-12H2,2H3;2-5H,1H3;2-5H2,1H3. The Hall–Kier alpha value is -3.23. The van der Waals surface area contributed by atoms with Gasteiger partial charge in [0.2, 0.25) is 0 Å². The Morgan fingerprint density at radius 3 is 2.41 bits per heavy atom. The summed E-state index contributed by atoms with van der Waals surface area (Å²) in [6.07, 6.45) is 12.4. The van der Waals surface area contributed by atoms with Crippen molar-refractivity contribution >= 4 is 18.1 Å². The number of aromatic nitrogens is 1. The van der Waals surface area contributed by atoms with Gasteiger partial charge in [0.25, 0.3) is 6.47 Å². The van der Waals surface area contributed by atoms with Crippen molar-refractivity contribution in [2.75, 3.05) is 52.7 Å². The van der Waals surface area contributed by atoms with E-state index in [2.05, 4.69) is 74.5 Å². The normalized spacial score (nSPS) is 15.9. The molecule has 1 aromatic carbocycles. The maximum absolute atomic E-state index is 11.0. The molecule has 0 spiro atoms. The maximum atomic E-state index is 11.0. The monoisotopic (exact) mass is 510 g/mol. The first-order valence-corrected chi connectivity index (χ1v) is 12.9. The largest absolute Gasteiger partial charge is 0.465 e. The zero-order valence-electron chi connectivity index (χ0n) is 22.5. The topological polar surface area (TPSA) is 84.0 Å². The van der Waals surface area contributed by atoms with Crippen molar-refractivity contribution in [3.8, 4) is 5.75 Å². The Balaban J connectivity index is 0.000000220. The lowest BCUT2D eigenvalue weighted by Crippen LogP contribution is -2.30. The average molecular weight is 511 g/mol. The number of likely N-dealkylation sites (tertiary alicyclic amines) is 2. The number of nitrogens with one attached hydrogen (secondary N) is 1. The maximum Gasteiger partial charge on any atom is 0.339 e. The van der Waals surface area contributed by atoms with Crippen molar-refractivity contribution in [2.45, 2.75) is 38.5 Å². The molecule has 8 nitrogen and oxygen atoms in total. The minimum atomic E-state index is -0.524. The third kappa shape index (κ3) is 12.0. The van der Waals surface area contributed by atoms with E-state index in [0.717, 1.165) is 11.6 Å². The van der Waals surface area contributed by atoms with Crippen molar-refractivity contribution < 1.29 is 19.1 Å². The minimum Gasteiger partial charge on any atom is -0.465 e. The Kier molecular flexibility index (Phi) is 14.0. The van der Waals surface area contributed by atoms with Gasteiger partial charge < -0.3 is 24.6 Å². The highest BCUT2D eigenvalue weighted by Gasteiger charge is 2.16. The van der Waals surface area contributed by atoms with E-state index in [1.807, 2.05) is 0 Å². The molecule has 0 amide bonds. The van der Waals surface area contributed by atoms with Gasteiger partial charge in [0, 0.05) is 11.9 Å². The van der Waals surface area contributed by atoms with Crippen molar-refractivity contribution in [3.05, 3.63) is 66.6 Å². The highest BCUT2D eigenvalue weighted by molar-refractivity contribution is 5.89. The molecular formula is C29H42N4O4. The molecule has 8 heteroatoms. The third-order valence-electron chi connectivity index (χ3n) is 6.52. The van der Waals surface area contributed by atoms with Crippen LogP contribution in [0.25, 0.3) is 0 Å². The zero-order valence-corrected chi connectivity index (χ0v) is 22.5. The fourth-order valence-electron chi connectivity index (χ4n) is 4.30. The Bertz CT molecular complexity index is 954. The van der Waals surface area contributed by atoms with E-state index < -0.39 is 5.97 Å². The van der Waals surface area contributed by atoms with Gasteiger partial charge in [-0.05, 0) is 115 Å². The second-order valence-electron chi connectivity index (χ2n) is 9.46. The number of anilines is 1. The SMILES string of the molecule is C=CNc1cccc(CCC2CCN(C)CC2)c1.CN1CCCC1.COC(=O)c1cncc(OC=O)c1. The predicted molar refractivity (Wildman–Crippen MR) is 148 cm³/mol. The van der Waals surface area contributed by atoms with Crippen LogP contribution in [0.4, 0.5) is 5.69 Å². The quantitative estimate of drug-likeness (QED) is 0.407. The van der Waals surface area contributed by atoms with Crippen LogP contribution >= 0.6 is 0 Å². The lowest BCUT2D eigenvalue weighted by molar-refractivity contribution is -0.120. The van der Waals surface area contributed by atoms with Crippen molar-refractivity contribution in [2.24, 2.45) is 5.92 Å². The van der Waals surface area contributed by atoms with Crippen LogP contribution in [-0.4, -0.2) is 74.6 Å². The number of benzene rings is 1. The van der Waals surface area contributed by atoms with Crippen LogP contribution in [0.1, 0.15) is 48.0 Å². The summed E-state index contributed by atoms with van der Waals surface area (Å²) < 4.78 is 8.94. The molecule has 2 aliphatic rings. The highest BCUT2D eigenvalue weighted by atomic mass is 16.5. The molecule has 2 aromatic rings. The molecule has 4 rings (SSSR count). The van der Waals surface area contributed by atoms with Crippen LogP contribution in [0.5, 0.6) is 5.75 Å². The molecule has 0 aliphatic carbocycles. The average Bonchev–Trinajstić information content (AvgIpc) is 3.40. The fraction of sp³-hybridized carbons (Fsp3) is 0.483. The number of methoxy groups -OCH3 is 1. The van der Waals surface area contributed by atoms with Crippen LogP contribution in [0.15, 0.2) is 55.5 Å². The number of esters is 1. The molecule has 1 aromatic heterocycles. The number of carbonyl (C=O) groups excluding carboxylic acids is 2. The van der Waals surface area contributed by atoms with E-state index in [4.69, 9.17) is 0 Å². The van der Waals surface area contributed by atoms with Crippen LogP contribution in [0.3, 0.4) is 0 Å². The van der Waals surface area contributed by atoms with Crippen molar-refractivity contribution in [3.63, 3.8) is 0 Å². The number of nitrogens with zero attached hydrogens (tertiary/aromatic N) is 3. The number of pyridine rings is 1. The van der Waals surface area contributed by atoms with E-state index in [9.17, 15) is 9.59 Å². The van der Waals surface area contributed by atoms with E-state index in [1.165, 1.54) is 95.8 Å². The number of ether oxygens (including phenoxy) is 2. The molecule has 0 atom stereocenters. The molecule has 0 saturated carbocycles.